The molecule has 0 bridgehead atoms. The molecule has 0 unspecified atom stereocenters. The van der Waals surface area contributed by atoms with Crippen LogP contribution in [0, 0.1) is 0 Å². The number of hydrogen-bond acceptors (Lipinski definition) is 6. The number of anilines is 4. The summed E-state index contributed by atoms with van der Waals surface area (Å²) in [5, 5.41) is 0. The van der Waals surface area contributed by atoms with Gasteiger partial charge in [0.2, 0.25) is 0 Å². The molecule has 6 nitrogen and oxygen atoms in total. The van der Waals surface area contributed by atoms with Crippen molar-refractivity contribution in [2.75, 3.05) is 22.9 Å². The van der Waals surface area contributed by atoms with Gasteiger partial charge in [0.1, 0.15) is 23.0 Å². The fourth-order valence-electron chi connectivity index (χ4n) is 4.71. The van der Waals surface area contributed by atoms with E-state index >= 15 is 0 Å². The molecule has 0 radical (unpaired) electrons. The first-order chi connectivity index (χ1) is 20.4. The van der Waals surface area contributed by atoms with Crippen LogP contribution in [0.5, 0.6) is 23.0 Å². The summed E-state index contributed by atoms with van der Waals surface area (Å²) in [4.78, 5) is 0. The van der Waals surface area contributed by atoms with E-state index in [9.17, 15) is 0 Å². The number of hydrogen-bond donors (Lipinski definition) is 4. The van der Waals surface area contributed by atoms with Crippen molar-refractivity contribution in [1.82, 2.24) is 0 Å². The van der Waals surface area contributed by atoms with E-state index in [1.54, 1.807) is 36.4 Å². The predicted molar refractivity (Wildman–Crippen MR) is 173 cm³/mol. The monoisotopic (exact) mass is 550 g/mol. The topological polar surface area (TPSA) is 123 Å². The van der Waals surface area contributed by atoms with Crippen LogP contribution in [-0.2, 0) is 0 Å². The van der Waals surface area contributed by atoms with Crippen LogP contribution in [-0.4, -0.2) is 0 Å². The Morgan fingerprint density at radius 2 is 0.571 bits per heavy atom. The molecule has 0 fully saturated rings. The van der Waals surface area contributed by atoms with Crippen molar-refractivity contribution in [2.45, 2.75) is 0 Å². The summed E-state index contributed by atoms with van der Waals surface area (Å²) in [7, 11) is 0. The van der Waals surface area contributed by atoms with Gasteiger partial charge in [-0.2, -0.15) is 0 Å². The molecule has 0 aromatic heterocycles. The maximum atomic E-state index is 6.01. The first kappa shape index (κ1) is 26.3. The lowest BCUT2D eigenvalue weighted by molar-refractivity contribution is 0.485. The Morgan fingerprint density at radius 3 is 0.833 bits per heavy atom. The van der Waals surface area contributed by atoms with E-state index in [2.05, 4.69) is 48.5 Å². The molecule has 42 heavy (non-hydrogen) atoms. The second-order valence-corrected chi connectivity index (χ2v) is 10.0. The van der Waals surface area contributed by atoms with Crippen LogP contribution < -0.4 is 32.4 Å². The largest absolute Gasteiger partial charge is 0.455 e. The molecule has 8 N–H and O–H groups in total. The fraction of sp³-hybridized carbons (Fsp3) is 0. The van der Waals surface area contributed by atoms with Gasteiger partial charge in [0.05, 0.1) is 11.4 Å². The van der Waals surface area contributed by atoms with Gasteiger partial charge in [-0.25, -0.2) is 0 Å². The van der Waals surface area contributed by atoms with E-state index in [0.717, 1.165) is 33.4 Å². The molecule has 0 aliphatic rings. The van der Waals surface area contributed by atoms with Crippen molar-refractivity contribution in [3.63, 3.8) is 0 Å². The highest BCUT2D eigenvalue weighted by Crippen LogP contribution is 2.33. The molecular formula is C36H30N4O2. The van der Waals surface area contributed by atoms with Gasteiger partial charge in [0.15, 0.2) is 0 Å². The molecule has 6 aromatic carbocycles. The number of nitrogen functional groups attached to an aromatic ring is 4. The summed E-state index contributed by atoms with van der Waals surface area (Å²) >= 11 is 0. The van der Waals surface area contributed by atoms with Gasteiger partial charge in [-0.1, -0.05) is 72.8 Å². The second kappa shape index (κ2) is 11.3. The van der Waals surface area contributed by atoms with Crippen LogP contribution in [0.15, 0.2) is 133 Å². The van der Waals surface area contributed by atoms with Crippen LogP contribution >= 0.6 is 0 Å². The Bertz CT molecular complexity index is 1690. The number of benzene rings is 6. The van der Waals surface area contributed by atoms with Crippen LogP contribution in [0.2, 0.25) is 0 Å². The van der Waals surface area contributed by atoms with Gasteiger partial charge >= 0.3 is 0 Å². The van der Waals surface area contributed by atoms with Crippen LogP contribution in [0.4, 0.5) is 22.7 Å². The molecule has 6 rings (SSSR count). The molecule has 0 amide bonds. The third-order valence-corrected chi connectivity index (χ3v) is 7.00. The highest BCUT2D eigenvalue weighted by Gasteiger charge is 2.07. The van der Waals surface area contributed by atoms with E-state index in [0.29, 0.717) is 45.7 Å². The molecule has 6 aromatic rings. The molecule has 6 heteroatoms. The van der Waals surface area contributed by atoms with Gasteiger partial charge in [0, 0.05) is 11.4 Å². The third-order valence-electron chi connectivity index (χ3n) is 7.00. The van der Waals surface area contributed by atoms with Crippen molar-refractivity contribution in [3.05, 3.63) is 133 Å². The van der Waals surface area contributed by atoms with Crippen molar-refractivity contribution in [3.8, 4) is 56.4 Å². The van der Waals surface area contributed by atoms with E-state index < -0.39 is 0 Å². The number of ether oxygens (including phenoxy) is 2. The zero-order valence-corrected chi connectivity index (χ0v) is 22.8. The van der Waals surface area contributed by atoms with Crippen molar-refractivity contribution in [1.29, 1.82) is 0 Å². The highest BCUT2D eigenvalue weighted by atomic mass is 16.5. The van der Waals surface area contributed by atoms with E-state index in [1.165, 1.54) is 0 Å². The lowest BCUT2D eigenvalue weighted by Crippen LogP contribution is -1.94. The molecule has 0 heterocycles. The highest BCUT2D eigenvalue weighted by molar-refractivity contribution is 5.74. The van der Waals surface area contributed by atoms with Crippen molar-refractivity contribution < 1.29 is 9.47 Å². The Kier molecular flexibility index (Phi) is 7.10. The number of rotatable bonds is 7. The van der Waals surface area contributed by atoms with Gasteiger partial charge in [-0.05, 0) is 94.0 Å². The van der Waals surface area contributed by atoms with E-state index in [4.69, 9.17) is 32.4 Å². The zero-order valence-electron chi connectivity index (χ0n) is 22.8. The zero-order chi connectivity index (χ0) is 29.1. The Labute approximate surface area is 244 Å². The summed E-state index contributed by atoms with van der Waals surface area (Å²) in [5.41, 5.74) is 32.5. The first-order valence-corrected chi connectivity index (χ1v) is 13.5. The number of nitrogens with two attached hydrogens (primary N) is 4. The minimum Gasteiger partial charge on any atom is -0.455 e. The molecular weight excluding hydrogens is 520 g/mol. The lowest BCUT2D eigenvalue weighted by Gasteiger charge is -2.11. The molecule has 0 saturated carbocycles. The average molecular weight is 551 g/mol. The Hall–Kier alpha value is -5.88. The average Bonchev–Trinajstić information content (AvgIpc) is 3.01. The van der Waals surface area contributed by atoms with Crippen LogP contribution in [0.3, 0.4) is 0 Å². The SMILES string of the molecule is Nc1ccc(Oc2ccc(-c3ccc(-c4ccc(-c5ccc(Oc6ccc(N)cc6N)cc5)cc4)cc3)cc2)c(N)c1. The third kappa shape index (κ3) is 5.83. The normalized spacial score (nSPS) is 10.8. The van der Waals surface area contributed by atoms with Crippen LogP contribution in [0.1, 0.15) is 0 Å². The molecule has 0 aliphatic carbocycles. The molecule has 0 saturated heterocycles. The minimum absolute atomic E-state index is 0.506. The maximum absolute atomic E-state index is 6.01. The summed E-state index contributed by atoms with van der Waals surface area (Å²) in [5.74, 6) is 2.58. The molecule has 0 spiro atoms. The molecule has 0 aliphatic heterocycles. The van der Waals surface area contributed by atoms with E-state index in [-0.39, 0.29) is 0 Å². The van der Waals surface area contributed by atoms with E-state index in [1.807, 2.05) is 48.5 Å². The quantitative estimate of drug-likeness (QED) is 0.148. The van der Waals surface area contributed by atoms with Gasteiger partial charge < -0.3 is 32.4 Å². The summed E-state index contributed by atoms with van der Waals surface area (Å²) in [6.45, 7) is 0. The lowest BCUT2D eigenvalue weighted by atomic mass is 9.98. The van der Waals surface area contributed by atoms with Gasteiger partial charge in [-0.15, -0.1) is 0 Å². The molecule has 0 atom stereocenters. The van der Waals surface area contributed by atoms with Crippen molar-refractivity contribution in [2.24, 2.45) is 0 Å². The summed E-state index contributed by atoms with van der Waals surface area (Å²) in [6.07, 6.45) is 0. The second-order valence-electron chi connectivity index (χ2n) is 10.0. The van der Waals surface area contributed by atoms with Crippen LogP contribution in [0.25, 0.3) is 33.4 Å². The Balaban J connectivity index is 1.10. The van der Waals surface area contributed by atoms with Crippen molar-refractivity contribution >= 4 is 22.7 Å². The standard InChI is InChI=1S/C36H30N4O2/c37-29-13-19-35(33(39)21-29)41-31-15-9-27(10-16-31)25-5-1-23(2-6-25)24-3-7-26(8-4-24)28-11-17-32(18-12-28)42-36-20-14-30(38)22-34(36)40/h1-22H,37-40H2. The smallest absolute Gasteiger partial charge is 0.150 e. The maximum Gasteiger partial charge on any atom is 0.150 e. The van der Waals surface area contributed by atoms with Gasteiger partial charge in [0.25, 0.3) is 0 Å². The first-order valence-electron chi connectivity index (χ1n) is 13.5. The fourth-order valence-corrected chi connectivity index (χ4v) is 4.71. The Morgan fingerprint density at radius 1 is 0.310 bits per heavy atom. The summed E-state index contributed by atoms with van der Waals surface area (Å²) < 4.78 is 11.8. The summed E-state index contributed by atoms with van der Waals surface area (Å²) in [6, 6.07) is 43.4. The minimum atomic E-state index is 0.506. The predicted octanol–water partition coefficient (Wildman–Crippen LogP) is 8.60. The van der Waals surface area contributed by atoms with Gasteiger partial charge in [-0.3, -0.25) is 0 Å². The molecule has 206 valence electrons.